The SMILES string of the molecule is Cc1ccc(C)n1-c1ccc(C(=O)NCC(C)(C)[NH+]2CCOCC2)cc1. The molecule has 0 unspecified atom stereocenters. The number of ether oxygens (including phenoxy) is 1. The van der Waals surface area contributed by atoms with E-state index >= 15 is 0 Å². The van der Waals surface area contributed by atoms with Crippen LogP contribution in [0.1, 0.15) is 35.6 Å². The van der Waals surface area contributed by atoms with Gasteiger partial charge in [0.15, 0.2) is 0 Å². The average Bonchev–Trinajstić information content (AvgIpc) is 2.99. The van der Waals surface area contributed by atoms with Crippen molar-refractivity contribution < 1.29 is 14.4 Å². The highest BCUT2D eigenvalue weighted by Crippen LogP contribution is 2.17. The molecule has 5 heteroatoms. The van der Waals surface area contributed by atoms with Gasteiger partial charge in [-0.25, -0.2) is 0 Å². The Morgan fingerprint density at radius 1 is 1.08 bits per heavy atom. The third kappa shape index (κ3) is 4.00. The molecule has 2 N–H and O–H groups in total. The summed E-state index contributed by atoms with van der Waals surface area (Å²) in [6.45, 7) is 12.8. The maximum atomic E-state index is 12.6. The van der Waals surface area contributed by atoms with Crippen molar-refractivity contribution in [3.8, 4) is 5.69 Å². The van der Waals surface area contributed by atoms with E-state index in [0.29, 0.717) is 12.1 Å². The van der Waals surface area contributed by atoms with E-state index in [1.54, 1.807) is 0 Å². The summed E-state index contributed by atoms with van der Waals surface area (Å²) in [5, 5.41) is 3.11. The van der Waals surface area contributed by atoms with Crippen LogP contribution in [-0.2, 0) is 4.74 Å². The van der Waals surface area contributed by atoms with Crippen LogP contribution in [-0.4, -0.2) is 48.9 Å². The van der Waals surface area contributed by atoms with Gasteiger partial charge < -0.3 is 19.5 Å². The third-order valence-corrected chi connectivity index (χ3v) is 5.40. The molecule has 3 rings (SSSR count). The van der Waals surface area contributed by atoms with Gasteiger partial charge in [-0.05, 0) is 64.1 Å². The Kier molecular flexibility index (Phi) is 5.49. The molecule has 1 saturated heterocycles. The van der Waals surface area contributed by atoms with Crippen molar-refractivity contribution in [2.75, 3.05) is 32.8 Å². The predicted octanol–water partition coefficient (Wildman–Crippen LogP) is 1.52. The minimum atomic E-state index is -0.0155. The number of nitrogens with one attached hydrogen (secondary N) is 2. The average molecular weight is 356 g/mol. The molecule has 0 bridgehead atoms. The zero-order valence-electron chi connectivity index (χ0n) is 16.3. The molecule has 1 aliphatic rings. The third-order valence-electron chi connectivity index (χ3n) is 5.40. The fraction of sp³-hybridized carbons (Fsp3) is 0.476. The number of hydrogen-bond acceptors (Lipinski definition) is 2. The quantitative estimate of drug-likeness (QED) is 0.853. The second-order valence-corrected chi connectivity index (χ2v) is 7.78. The summed E-state index contributed by atoms with van der Waals surface area (Å²) in [6, 6.07) is 12.0. The fourth-order valence-electron chi connectivity index (χ4n) is 3.66. The molecule has 1 aliphatic heterocycles. The molecule has 2 aromatic rings. The number of aryl methyl sites for hydroxylation is 2. The highest BCUT2D eigenvalue weighted by atomic mass is 16.5. The van der Waals surface area contributed by atoms with Crippen LogP contribution in [0.25, 0.3) is 5.69 Å². The van der Waals surface area contributed by atoms with Crippen molar-refractivity contribution in [3.05, 3.63) is 53.3 Å². The van der Waals surface area contributed by atoms with Crippen molar-refractivity contribution >= 4 is 5.91 Å². The standard InChI is InChI=1S/C21H29N3O2/c1-16-5-6-17(2)24(16)19-9-7-18(8-10-19)20(25)22-15-21(3,4)23-11-13-26-14-12-23/h5-10H,11-15H2,1-4H3,(H,22,25)/p+1. The summed E-state index contributed by atoms with van der Waals surface area (Å²) >= 11 is 0. The van der Waals surface area contributed by atoms with Gasteiger partial charge in [0, 0.05) is 22.6 Å². The van der Waals surface area contributed by atoms with Gasteiger partial charge in [-0.15, -0.1) is 0 Å². The smallest absolute Gasteiger partial charge is 0.251 e. The Hall–Kier alpha value is -2.11. The van der Waals surface area contributed by atoms with Crippen LogP contribution in [0.5, 0.6) is 0 Å². The minimum Gasteiger partial charge on any atom is -0.370 e. The van der Waals surface area contributed by atoms with Crippen LogP contribution < -0.4 is 10.2 Å². The molecule has 2 heterocycles. The zero-order chi connectivity index (χ0) is 18.7. The number of quaternary nitrogens is 1. The normalized spacial score (nSPS) is 15.8. The molecule has 140 valence electrons. The van der Waals surface area contributed by atoms with Crippen LogP contribution in [0.3, 0.4) is 0 Å². The molecule has 1 aromatic carbocycles. The van der Waals surface area contributed by atoms with Gasteiger partial charge in [-0.2, -0.15) is 0 Å². The van der Waals surface area contributed by atoms with E-state index < -0.39 is 0 Å². The van der Waals surface area contributed by atoms with Crippen molar-refractivity contribution in [3.63, 3.8) is 0 Å². The first-order valence-electron chi connectivity index (χ1n) is 9.35. The van der Waals surface area contributed by atoms with Gasteiger partial charge in [0.25, 0.3) is 5.91 Å². The van der Waals surface area contributed by atoms with Gasteiger partial charge in [-0.1, -0.05) is 0 Å². The van der Waals surface area contributed by atoms with Crippen molar-refractivity contribution in [1.82, 2.24) is 9.88 Å². The number of carbonyl (C=O) groups is 1. The number of carbonyl (C=O) groups excluding carboxylic acids is 1. The van der Waals surface area contributed by atoms with Crippen molar-refractivity contribution in [2.24, 2.45) is 0 Å². The lowest BCUT2D eigenvalue weighted by atomic mass is 10.0. The van der Waals surface area contributed by atoms with Gasteiger partial charge in [0.1, 0.15) is 18.6 Å². The lowest BCUT2D eigenvalue weighted by molar-refractivity contribution is -0.954. The van der Waals surface area contributed by atoms with E-state index in [0.717, 1.165) is 32.0 Å². The topological polar surface area (TPSA) is 47.7 Å². The molecule has 0 aliphatic carbocycles. The number of aromatic nitrogens is 1. The largest absolute Gasteiger partial charge is 0.370 e. The Morgan fingerprint density at radius 2 is 1.65 bits per heavy atom. The van der Waals surface area contributed by atoms with E-state index in [1.165, 1.54) is 16.3 Å². The Balaban J connectivity index is 1.63. The van der Waals surface area contributed by atoms with Gasteiger partial charge in [-0.3, -0.25) is 4.79 Å². The molecular weight excluding hydrogens is 326 g/mol. The number of hydrogen-bond donors (Lipinski definition) is 2. The van der Waals surface area contributed by atoms with Crippen LogP contribution in [0.2, 0.25) is 0 Å². The Morgan fingerprint density at radius 3 is 2.23 bits per heavy atom. The lowest BCUT2D eigenvalue weighted by Gasteiger charge is -2.37. The summed E-state index contributed by atoms with van der Waals surface area (Å²) in [5.41, 5.74) is 4.16. The first-order valence-corrected chi connectivity index (χ1v) is 9.35. The maximum Gasteiger partial charge on any atom is 0.251 e. The molecule has 1 amide bonds. The van der Waals surface area contributed by atoms with Gasteiger partial charge >= 0.3 is 0 Å². The lowest BCUT2D eigenvalue weighted by Crippen LogP contribution is -3.22. The Bertz CT molecular complexity index is 737. The molecule has 0 saturated carbocycles. The summed E-state index contributed by atoms with van der Waals surface area (Å²) < 4.78 is 7.63. The number of nitrogens with zero attached hydrogens (tertiary/aromatic N) is 1. The van der Waals surface area contributed by atoms with Gasteiger partial charge in [0.05, 0.1) is 19.8 Å². The zero-order valence-corrected chi connectivity index (χ0v) is 16.3. The molecule has 1 fully saturated rings. The predicted molar refractivity (Wildman–Crippen MR) is 103 cm³/mol. The molecule has 1 aromatic heterocycles. The van der Waals surface area contributed by atoms with Crippen molar-refractivity contribution in [2.45, 2.75) is 33.2 Å². The fourth-order valence-corrected chi connectivity index (χ4v) is 3.66. The van der Waals surface area contributed by atoms with Gasteiger partial charge in [0.2, 0.25) is 0 Å². The minimum absolute atomic E-state index is 0.00124. The maximum absolute atomic E-state index is 12.6. The second kappa shape index (κ2) is 7.64. The van der Waals surface area contributed by atoms with E-state index in [9.17, 15) is 4.79 Å². The van der Waals surface area contributed by atoms with Crippen LogP contribution in [0.15, 0.2) is 36.4 Å². The van der Waals surface area contributed by atoms with Crippen LogP contribution in [0.4, 0.5) is 0 Å². The summed E-state index contributed by atoms with van der Waals surface area (Å²) in [5.74, 6) is -0.0155. The molecule has 0 radical (unpaired) electrons. The molecule has 0 atom stereocenters. The van der Waals surface area contributed by atoms with E-state index in [2.05, 4.69) is 49.7 Å². The molecular formula is C21H30N3O2+. The first kappa shape index (κ1) is 18.7. The molecule has 0 spiro atoms. The number of morpholine rings is 1. The monoisotopic (exact) mass is 356 g/mol. The summed E-state index contributed by atoms with van der Waals surface area (Å²) in [7, 11) is 0. The number of rotatable bonds is 5. The van der Waals surface area contributed by atoms with Crippen LogP contribution >= 0.6 is 0 Å². The molecule has 26 heavy (non-hydrogen) atoms. The number of benzene rings is 1. The first-order chi connectivity index (χ1) is 12.4. The van der Waals surface area contributed by atoms with E-state index in [1.807, 2.05) is 24.3 Å². The highest BCUT2D eigenvalue weighted by Gasteiger charge is 2.32. The summed E-state index contributed by atoms with van der Waals surface area (Å²) in [6.07, 6.45) is 0. The van der Waals surface area contributed by atoms with E-state index in [-0.39, 0.29) is 11.4 Å². The summed E-state index contributed by atoms with van der Waals surface area (Å²) in [4.78, 5) is 14.0. The highest BCUT2D eigenvalue weighted by molar-refractivity contribution is 5.94. The second-order valence-electron chi connectivity index (χ2n) is 7.78. The van der Waals surface area contributed by atoms with Crippen LogP contribution in [0, 0.1) is 13.8 Å². The van der Waals surface area contributed by atoms with E-state index in [4.69, 9.17) is 4.74 Å². The number of amides is 1. The Labute approximate surface area is 156 Å². The van der Waals surface area contributed by atoms with Crippen molar-refractivity contribution in [1.29, 1.82) is 0 Å². The molecule has 5 nitrogen and oxygen atoms in total.